The molecule has 2 aromatic carbocycles. The molecule has 8 N–H and O–H groups in total. The van der Waals surface area contributed by atoms with Crippen molar-refractivity contribution in [1.82, 2.24) is 26.0 Å². The quantitative estimate of drug-likeness (QED) is 0.0687. The maximum absolute atomic E-state index is 12.6. The molecule has 1 saturated heterocycles. The van der Waals surface area contributed by atoms with Gasteiger partial charge < -0.3 is 50.4 Å². The molecule has 0 saturated carbocycles. The number of nitrogens with zero attached hydrogens (tertiary/aromatic N) is 2. The van der Waals surface area contributed by atoms with Gasteiger partial charge in [0.2, 0.25) is 11.8 Å². The minimum Gasteiger partial charge on any atom is -0.493 e. The number of aliphatic hydroxyl groups is 4. The Morgan fingerprint density at radius 3 is 2.59 bits per heavy atom. The minimum absolute atomic E-state index is 0.0838. The molecule has 4 rings (SSSR count). The first-order chi connectivity index (χ1) is 22.0. The highest BCUT2D eigenvalue weighted by Gasteiger charge is 2.55. The fourth-order valence-electron chi connectivity index (χ4n) is 4.87. The Bertz CT molecular complexity index is 1540. The second-order valence-electron chi connectivity index (χ2n) is 10.6. The number of aliphatic hydroxyl groups excluding tert-OH is 4. The van der Waals surface area contributed by atoms with Crippen molar-refractivity contribution in [2.45, 2.75) is 62.1 Å². The van der Waals surface area contributed by atoms with Crippen molar-refractivity contribution >= 4 is 28.8 Å². The number of hydrogen-bond acceptors (Lipinski definition) is 12. The second-order valence-corrected chi connectivity index (χ2v) is 10.6. The molecule has 0 aliphatic carbocycles. The molecule has 2 amide bonds. The van der Waals surface area contributed by atoms with E-state index >= 15 is 0 Å². The Morgan fingerprint density at radius 1 is 1.15 bits per heavy atom. The summed E-state index contributed by atoms with van der Waals surface area (Å²) in [6.07, 6.45) is -2.26. The van der Waals surface area contributed by atoms with E-state index < -0.39 is 73.6 Å². The zero-order valence-electron chi connectivity index (χ0n) is 24.5. The fourth-order valence-corrected chi connectivity index (χ4v) is 4.87. The third kappa shape index (κ3) is 8.54. The molecule has 0 spiro atoms. The number of H-pyrrole nitrogens is 1. The number of aromatic amines is 1. The van der Waals surface area contributed by atoms with Gasteiger partial charge in [-0.2, -0.15) is 0 Å². The summed E-state index contributed by atoms with van der Waals surface area (Å²) < 4.78 is 16.9. The van der Waals surface area contributed by atoms with Gasteiger partial charge in [0.15, 0.2) is 0 Å². The average molecular weight is 642 g/mol. The highest BCUT2D eigenvalue weighted by Crippen LogP contribution is 2.34. The molecule has 1 aliphatic rings. The molecule has 16 heteroatoms. The van der Waals surface area contributed by atoms with Crippen LogP contribution >= 0.6 is 0 Å². The van der Waals surface area contributed by atoms with Crippen LogP contribution in [0.1, 0.15) is 24.0 Å². The molecule has 1 aromatic heterocycles. The molecule has 1 fully saturated rings. The number of aromatic nitrogens is 3. The molecule has 16 nitrogen and oxygen atoms in total. The van der Waals surface area contributed by atoms with E-state index in [1.54, 1.807) is 42.5 Å². The summed E-state index contributed by atoms with van der Waals surface area (Å²) in [5, 5.41) is 67.2. The molecule has 1 aliphatic heterocycles. The summed E-state index contributed by atoms with van der Waals surface area (Å²) >= 11 is 0. The Balaban J connectivity index is 1.44. The summed E-state index contributed by atoms with van der Waals surface area (Å²) in [7, 11) is 0. The zero-order chi connectivity index (χ0) is 33.3. The number of benzene rings is 2. The molecule has 6 atom stereocenters. The van der Waals surface area contributed by atoms with Crippen molar-refractivity contribution in [3.05, 3.63) is 53.6 Å². The number of carboxylic acids is 1. The predicted octanol–water partition coefficient (Wildman–Crippen LogP) is -1.63. The second kappa shape index (κ2) is 15.6. The van der Waals surface area contributed by atoms with Crippen molar-refractivity contribution < 1.29 is 54.1 Å². The van der Waals surface area contributed by atoms with Gasteiger partial charge >= 0.3 is 5.97 Å². The van der Waals surface area contributed by atoms with Crippen molar-refractivity contribution in [1.29, 1.82) is 0 Å². The Kier molecular flexibility index (Phi) is 11.6. The number of rotatable bonds is 15. The number of carbonyl (C=O) groups is 3. The molecule has 3 aromatic rings. The van der Waals surface area contributed by atoms with Crippen LogP contribution in [-0.4, -0.2) is 115 Å². The maximum Gasteiger partial charge on any atom is 0.364 e. The van der Waals surface area contributed by atoms with E-state index in [0.717, 1.165) is 0 Å². The van der Waals surface area contributed by atoms with Gasteiger partial charge in [-0.25, -0.2) is 4.79 Å². The van der Waals surface area contributed by atoms with E-state index in [1.807, 2.05) is 0 Å². The molecular weight excluding hydrogens is 606 g/mol. The number of aliphatic carboxylic acids is 1. The van der Waals surface area contributed by atoms with E-state index in [1.165, 1.54) is 0 Å². The van der Waals surface area contributed by atoms with Gasteiger partial charge in [-0.3, -0.25) is 14.7 Å². The Hall–Kier alpha value is -4.63. The van der Waals surface area contributed by atoms with Gasteiger partial charge in [-0.05, 0) is 35.4 Å². The van der Waals surface area contributed by atoms with Crippen molar-refractivity contribution in [2.24, 2.45) is 0 Å². The van der Waals surface area contributed by atoms with Gasteiger partial charge in [0.25, 0.3) is 5.79 Å². The highest BCUT2D eigenvalue weighted by molar-refractivity contribution is 5.81. The predicted molar refractivity (Wildman–Crippen MR) is 158 cm³/mol. The third-order valence-corrected chi connectivity index (χ3v) is 7.27. The molecule has 0 bridgehead atoms. The van der Waals surface area contributed by atoms with Crippen LogP contribution in [-0.2, 0) is 36.9 Å². The van der Waals surface area contributed by atoms with Gasteiger partial charge in [0.1, 0.15) is 30.1 Å². The van der Waals surface area contributed by atoms with E-state index in [4.69, 9.17) is 20.6 Å². The van der Waals surface area contributed by atoms with Crippen molar-refractivity contribution in [2.75, 3.05) is 19.8 Å². The van der Waals surface area contributed by atoms with Crippen LogP contribution in [0.3, 0.4) is 0 Å². The largest absolute Gasteiger partial charge is 0.493 e. The SMILES string of the molecule is C#CCCOc1ccc(CO[C@]2(C(=O)O)C[C@H](O)[C@@H](NC(=O)CO)[C@H]([C@H](O)[C@H](O)CNC(=O)Cc3ccc4nn[nH]c4c3)O2)cc1. The van der Waals surface area contributed by atoms with Crippen LogP contribution in [0.15, 0.2) is 42.5 Å². The number of amides is 2. The van der Waals surface area contributed by atoms with Gasteiger partial charge in [0, 0.05) is 19.4 Å². The molecule has 246 valence electrons. The molecule has 2 heterocycles. The van der Waals surface area contributed by atoms with Gasteiger partial charge in [0.05, 0.1) is 43.4 Å². The van der Waals surface area contributed by atoms with E-state index in [0.29, 0.717) is 40.9 Å². The summed E-state index contributed by atoms with van der Waals surface area (Å²) in [4.78, 5) is 37.1. The van der Waals surface area contributed by atoms with Crippen LogP contribution < -0.4 is 15.4 Å². The molecular formula is C30H35N5O11. The third-order valence-electron chi connectivity index (χ3n) is 7.27. The molecule has 0 radical (unpaired) electrons. The average Bonchev–Trinajstić information content (AvgIpc) is 3.52. The highest BCUT2D eigenvalue weighted by atomic mass is 16.7. The monoisotopic (exact) mass is 641 g/mol. The van der Waals surface area contributed by atoms with Crippen LogP contribution in [0, 0.1) is 12.3 Å². The fraction of sp³-hybridized carbons (Fsp3) is 0.433. The lowest BCUT2D eigenvalue weighted by Crippen LogP contribution is -2.68. The first-order valence-corrected chi connectivity index (χ1v) is 14.3. The number of nitrogens with one attached hydrogen (secondary N) is 3. The van der Waals surface area contributed by atoms with E-state index in [9.17, 15) is 39.9 Å². The number of hydrogen-bond donors (Lipinski definition) is 8. The number of ether oxygens (including phenoxy) is 3. The smallest absolute Gasteiger partial charge is 0.364 e. The lowest BCUT2D eigenvalue weighted by molar-refractivity contribution is -0.314. The standard InChI is InChI=1S/C30H35N5O11/c1-2-3-10-44-19-7-4-17(5-8-19)16-45-30(29(42)43)13-22(37)26(32-25(40)15-36)28(46-30)27(41)23(38)14-31-24(39)12-18-6-9-20-21(11-18)34-35-33-20/h1,4-9,11,22-23,26-28,36-38,41H,3,10,12-16H2,(H,31,39)(H,32,40)(H,42,43)(H,33,34,35)/t22-,23+,26+,27+,28+,30+/m0/s1. The Labute approximate surface area is 262 Å². The zero-order valence-corrected chi connectivity index (χ0v) is 24.5. The molecule has 0 unspecified atom stereocenters. The summed E-state index contributed by atoms with van der Waals surface area (Å²) in [6.45, 7) is -1.47. The number of carboxylic acid groups (broad SMARTS) is 1. The number of carbonyl (C=O) groups excluding carboxylic acids is 2. The Morgan fingerprint density at radius 2 is 1.89 bits per heavy atom. The normalized spacial score (nSPS) is 22.4. The van der Waals surface area contributed by atoms with E-state index in [-0.39, 0.29) is 13.0 Å². The van der Waals surface area contributed by atoms with Gasteiger partial charge in [-0.1, -0.05) is 23.4 Å². The van der Waals surface area contributed by atoms with Crippen molar-refractivity contribution in [3.63, 3.8) is 0 Å². The lowest BCUT2D eigenvalue weighted by atomic mass is 9.88. The topological polar surface area (TPSA) is 246 Å². The number of terminal acetylenes is 1. The summed E-state index contributed by atoms with van der Waals surface area (Å²) in [5.41, 5.74) is 2.37. The van der Waals surface area contributed by atoms with Gasteiger partial charge in [-0.15, -0.1) is 17.4 Å². The maximum atomic E-state index is 12.6. The first-order valence-electron chi connectivity index (χ1n) is 14.3. The van der Waals surface area contributed by atoms with Crippen LogP contribution in [0.2, 0.25) is 0 Å². The molecule has 46 heavy (non-hydrogen) atoms. The summed E-state index contributed by atoms with van der Waals surface area (Å²) in [5.74, 6) is -2.64. The minimum atomic E-state index is -2.52. The first kappa shape index (κ1) is 34.2. The van der Waals surface area contributed by atoms with Crippen LogP contribution in [0.5, 0.6) is 5.75 Å². The lowest BCUT2D eigenvalue weighted by Gasteiger charge is -2.46. The van der Waals surface area contributed by atoms with E-state index in [2.05, 4.69) is 32.0 Å². The van der Waals surface area contributed by atoms with Crippen LogP contribution in [0.25, 0.3) is 11.0 Å². The van der Waals surface area contributed by atoms with Crippen LogP contribution in [0.4, 0.5) is 0 Å². The number of fused-ring (bicyclic) bond motifs is 1. The van der Waals surface area contributed by atoms with Crippen molar-refractivity contribution in [3.8, 4) is 18.1 Å². The summed E-state index contributed by atoms with van der Waals surface area (Å²) in [6, 6.07) is 10.1.